The van der Waals surface area contributed by atoms with Crippen LogP contribution in [0.3, 0.4) is 0 Å². The summed E-state index contributed by atoms with van der Waals surface area (Å²) in [5.74, 6) is -0.455. The summed E-state index contributed by atoms with van der Waals surface area (Å²) in [7, 11) is -3.80. The molecule has 0 radical (unpaired) electrons. The number of sulfonamides is 1. The number of carbonyl (C=O) groups excluding carboxylic acids is 1. The molecule has 0 spiro atoms. The Labute approximate surface area is 165 Å². The minimum atomic E-state index is -3.80. The van der Waals surface area contributed by atoms with Gasteiger partial charge in [0.25, 0.3) is 5.91 Å². The number of nitriles is 1. The number of furan rings is 1. The summed E-state index contributed by atoms with van der Waals surface area (Å²) < 4.78 is 41.2. The second kappa shape index (κ2) is 8.10. The number of hydrogen-bond donors (Lipinski definition) is 2. The van der Waals surface area contributed by atoms with Crippen molar-refractivity contribution < 1.29 is 22.0 Å². The molecule has 0 saturated carbocycles. The second-order valence-electron chi connectivity index (χ2n) is 5.90. The summed E-state index contributed by atoms with van der Waals surface area (Å²) in [5.41, 5.74) is 0.721. The number of benzene rings is 2. The van der Waals surface area contributed by atoms with Gasteiger partial charge in [-0.15, -0.1) is 0 Å². The van der Waals surface area contributed by atoms with Crippen LogP contribution < -0.4 is 10.5 Å². The third-order valence-electron chi connectivity index (χ3n) is 3.85. The maximum absolute atomic E-state index is 12.9. The molecule has 7 nitrogen and oxygen atoms in total. The number of anilines is 1. The van der Waals surface area contributed by atoms with E-state index in [0.717, 1.165) is 0 Å². The van der Waals surface area contributed by atoms with E-state index in [1.54, 1.807) is 18.2 Å². The molecule has 29 heavy (non-hydrogen) atoms. The number of primary sulfonamides is 1. The quantitative estimate of drug-likeness (QED) is 0.492. The van der Waals surface area contributed by atoms with Crippen molar-refractivity contribution in [2.45, 2.75) is 4.90 Å². The van der Waals surface area contributed by atoms with Crippen molar-refractivity contribution in [3.8, 4) is 17.4 Å². The van der Waals surface area contributed by atoms with E-state index in [4.69, 9.17) is 9.56 Å². The molecule has 0 aliphatic carbocycles. The van der Waals surface area contributed by atoms with E-state index in [1.807, 2.05) is 0 Å². The van der Waals surface area contributed by atoms with Gasteiger partial charge >= 0.3 is 0 Å². The van der Waals surface area contributed by atoms with Gasteiger partial charge in [0, 0.05) is 17.3 Å². The second-order valence-corrected chi connectivity index (χ2v) is 7.46. The van der Waals surface area contributed by atoms with E-state index in [1.165, 1.54) is 54.6 Å². The van der Waals surface area contributed by atoms with Crippen LogP contribution in [-0.4, -0.2) is 14.3 Å². The third-order valence-corrected chi connectivity index (χ3v) is 4.78. The predicted octanol–water partition coefficient (Wildman–Crippen LogP) is 3.28. The molecule has 0 fully saturated rings. The first kappa shape index (κ1) is 20.0. The standard InChI is InChI=1S/C20H14FN3O4S/c21-15-3-5-16(6-4-15)24-20(25)14(12-22)11-17-7-10-19(28-17)13-1-8-18(9-2-13)29(23,26)27/h1-11H,(H,24,25)(H2,23,26,27). The molecule has 1 amide bonds. The molecule has 1 heterocycles. The monoisotopic (exact) mass is 411 g/mol. The van der Waals surface area contributed by atoms with Crippen LogP contribution in [0.4, 0.5) is 10.1 Å². The van der Waals surface area contributed by atoms with Crippen LogP contribution in [0.2, 0.25) is 0 Å². The molecule has 0 aliphatic rings. The topological polar surface area (TPSA) is 126 Å². The van der Waals surface area contributed by atoms with Crippen molar-refractivity contribution in [1.29, 1.82) is 5.26 Å². The summed E-state index contributed by atoms with van der Waals surface area (Å²) in [6.07, 6.45) is 1.26. The largest absolute Gasteiger partial charge is 0.457 e. The molecule has 3 rings (SSSR count). The number of rotatable bonds is 5. The molecule has 0 saturated heterocycles. The predicted molar refractivity (Wildman–Crippen MR) is 104 cm³/mol. The van der Waals surface area contributed by atoms with Crippen molar-refractivity contribution in [1.82, 2.24) is 0 Å². The molecular formula is C20H14FN3O4S. The van der Waals surface area contributed by atoms with Crippen LogP contribution in [0.1, 0.15) is 5.76 Å². The maximum Gasteiger partial charge on any atom is 0.266 e. The van der Waals surface area contributed by atoms with Gasteiger partial charge in [0.05, 0.1) is 4.90 Å². The van der Waals surface area contributed by atoms with Crippen LogP contribution >= 0.6 is 0 Å². The molecule has 0 aliphatic heterocycles. The van der Waals surface area contributed by atoms with Crippen molar-refractivity contribution in [2.75, 3.05) is 5.32 Å². The van der Waals surface area contributed by atoms with Gasteiger partial charge in [-0.2, -0.15) is 5.26 Å². The Kier molecular flexibility index (Phi) is 5.59. The number of hydrogen-bond acceptors (Lipinski definition) is 5. The Bertz CT molecular complexity index is 1220. The van der Waals surface area contributed by atoms with E-state index in [-0.39, 0.29) is 16.2 Å². The van der Waals surface area contributed by atoms with Gasteiger partial charge < -0.3 is 9.73 Å². The van der Waals surface area contributed by atoms with Crippen LogP contribution in [-0.2, 0) is 14.8 Å². The fourth-order valence-corrected chi connectivity index (χ4v) is 2.93. The molecule has 9 heteroatoms. The van der Waals surface area contributed by atoms with Crippen molar-refractivity contribution in [2.24, 2.45) is 5.14 Å². The number of nitrogens with two attached hydrogens (primary N) is 1. The zero-order valence-corrected chi connectivity index (χ0v) is 15.6. The lowest BCUT2D eigenvalue weighted by Gasteiger charge is -2.03. The van der Waals surface area contributed by atoms with E-state index in [2.05, 4.69) is 5.32 Å². The maximum atomic E-state index is 12.9. The first-order chi connectivity index (χ1) is 13.8. The Morgan fingerprint density at radius 1 is 1.07 bits per heavy atom. The first-order valence-corrected chi connectivity index (χ1v) is 9.73. The fourth-order valence-electron chi connectivity index (χ4n) is 2.42. The summed E-state index contributed by atoms with van der Waals surface area (Å²) in [5, 5.41) is 16.8. The number of nitrogens with zero attached hydrogens (tertiary/aromatic N) is 1. The normalized spacial score (nSPS) is 11.7. The molecule has 0 unspecified atom stereocenters. The highest BCUT2D eigenvalue weighted by Crippen LogP contribution is 2.24. The van der Waals surface area contributed by atoms with Crippen LogP contribution in [0.15, 0.2) is 75.5 Å². The minimum Gasteiger partial charge on any atom is -0.457 e. The molecule has 0 bridgehead atoms. The van der Waals surface area contributed by atoms with Crippen LogP contribution in [0.25, 0.3) is 17.4 Å². The zero-order valence-electron chi connectivity index (χ0n) is 14.8. The van der Waals surface area contributed by atoms with E-state index in [9.17, 15) is 22.9 Å². The van der Waals surface area contributed by atoms with E-state index in [0.29, 0.717) is 17.0 Å². The smallest absolute Gasteiger partial charge is 0.266 e. The molecule has 2 aromatic carbocycles. The van der Waals surface area contributed by atoms with Crippen molar-refractivity contribution >= 4 is 27.7 Å². The lowest BCUT2D eigenvalue weighted by Crippen LogP contribution is -2.13. The summed E-state index contributed by atoms with van der Waals surface area (Å²) >= 11 is 0. The Hall–Kier alpha value is -3.74. The van der Waals surface area contributed by atoms with Gasteiger partial charge in [0.1, 0.15) is 29.0 Å². The SMILES string of the molecule is N#CC(=Cc1ccc(-c2ccc(S(N)(=O)=O)cc2)o1)C(=O)Nc1ccc(F)cc1. The molecule has 146 valence electrons. The molecular weight excluding hydrogens is 397 g/mol. The number of nitrogens with one attached hydrogen (secondary N) is 1. The third kappa shape index (κ3) is 4.95. The highest BCUT2D eigenvalue weighted by molar-refractivity contribution is 7.89. The number of amides is 1. The van der Waals surface area contributed by atoms with Gasteiger partial charge in [0.2, 0.25) is 10.0 Å². The van der Waals surface area contributed by atoms with Gasteiger partial charge in [-0.1, -0.05) is 0 Å². The number of carbonyl (C=O) groups is 1. The summed E-state index contributed by atoms with van der Waals surface area (Å²) in [4.78, 5) is 12.2. The Morgan fingerprint density at radius 2 is 1.72 bits per heavy atom. The van der Waals surface area contributed by atoms with E-state index < -0.39 is 21.7 Å². The first-order valence-electron chi connectivity index (χ1n) is 8.18. The zero-order chi connectivity index (χ0) is 21.0. The molecule has 3 aromatic rings. The highest BCUT2D eigenvalue weighted by atomic mass is 32.2. The van der Waals surface area contributed by atoms with Gasteiger partial charge in [-0.25, -0.2) is 17.9 Å². The van der Waals surface area contributed by atoms with Gasteiger partial charge in [0.15, 0.2) is 0 Å². The Morgan fingerprint density at radius 3 is 2.31 bits per heavy atom. The number of halogens is 1. The summed E-state index contributed by atoms with van der Waals surface area (Å²) in [6.45, 7) is 0. The molecule has 0 atom stereocenters. The lowest BCUT2D eigenvalue weighted by molar-refractivity contribution is -0.112. The van der Waals surface area contributed by atoms with Crippen LogP contribution in [0, 0.1) is 17.1 Å². The van der Waals surface area contributed by atoms with Crippen LogP contribution in [0.5, 0.6) is 0 Å². The average Bonchev–Trinajstić information content (AvgIpc) is 3.16. The lowest BCUT2D eigenvalue weighted by atomic mass is 10.2. The van der Waals surface area contributed by atoms with Crippen molar-refractivity contribution in [3.05, 3.63) is 77.8 Å². The summed E-state index contributed by atoms with van der Waals surface area (Å²) in [6, 6.07) is 15.8. The molecule has 3 N–H and O–H groups in total. The van der Waals surface area contributed by atoms with Crippen molar-refractivity contribution in [3.63, 3.8) is 0 Å². The van der Waals surface area contributed by atoms with E-state index >= 15 is 0 Å². The Balaban J connectivity index is 1.79. The van der Waals surface area contributed by atoms with Gasteiger partial charge in [-0.3, -0.25) is 4.79 Å². The highest BCUT2D eigenvalue weighted by Gasteiger charge is 2.12. The van der Waals surface area contributed by atoms with Gasteiger partial charge in [-0.05, 0) is 60.7 Å². The average molecular weight is 411 g/mol. The molecule has 1 aromatic heterocycles. The minimum absolute atomic E-state index is 0.0304. The fraction of sp³-hybridized carbons (Fsp3) is 0.